The van der Waals surface area contributed by atoms with Crippen LogP contribution in [0.15, 0.2) is 103 Å². The van der Waals surface area contributed by atoms with Crippen molar-refractivity contribution in [1.82, 2.24) is 20.4 Å². The van der Waals surface area contributed by atoms with Gasteiger partial charge in [-0.05, 0) is 91.8 Å². The molecule has 12 nitrogen and oxygen atoms in total. The molecule has 7 atom stereocenters. The van der Waals surface area contributed by atoms with Crippen LogP contribution >= 0.6 is 0 Å². The van der Waals surface area contributed by atoms with E-state index in [1.807, 2.05) is 124 Å². The van der Waals surface area contributed by atoms with Crippen molar-refractivity contribution in [2.24, 2.45) is 5.92 Å². The van der Waals surface area contributed by atoms with Crippen molar-refractivity contribution in [3.63, 3.8) is 0 Å². The minimum atomic E-state index is -0.988. The molecule has 0 aromatic heterocycles. The summed E-state index contributed by atoms with van der Waals surface area (Å²) in [5, 5.41) is 15.6. The number of piperidine rings is 1. The molecule has 1 saturated carbocycles. The van der Waals surface area contributed by atoms with Gasteiger partial charge in [0.05, 0.1) is 37.8 Å². The van der Waals surface area contributed by atoms with Gasteiger partial charge in [0.2, 0.25) is 11.8 Å². The molecule has 3 N–H and O–H groups in total. The molecule has 0 bridgehead atoms. The minimum Gasteiger partial charge on any atom is -0.445 e. The quantitative estimate of drug-likeness (QED) is 0.121. The molecular weight excluding hydrogens is 797 g/mol. The number of aliphatic hydroxyl groups is 1. The standard InChI is InChI=1S/C51H60N4O8/c1-51(2,3)53-47(58)44-25-24-37-13-7-8-15-43(37)54(44)30-41-27-45(38-18-16-33(31-56)17-19-38)63-49(62-41)39-22-20-36(21-23-39)40-14-9-12-35(26-40)29-55-46(57)28-42(48(55)59)52-50(60)61-32-34-10-5-4-6-11-34/h4-6,9-12,14,16-23,26,37,41-45,49,56H,7-8,13,15,24-25,27-32H2,1-3H3,(H,52,60)(H,53,58). The number of alkyl carbamates (subject to hydrolysis) is 1. The summed E-state index contributed by atoms with van der Waals surface area (Å²) in [6.45, 7) is 6.81. The molecule has 332 valence electrons. The lowest BCUT2D eigenvalue weighted by Crippen LogP contribution is -2.61. The first-order valence-corrected chi connectivity index (χ1v) is 22.5. The van der Waals surface area contributed by atoms with E-state index in [1.54, 1.807) is 0 Å². The fraction of sp³-hybridized carbons (Fsp3) is 0.451. The fourth-order valence-electron chi connectivity index (χ4n) is 9.73. The van der Waals surface area contributed by atoms with Crippen LogP contribution in [0, 0.1) is 5.92 Å². The molecule has 1 aliphatic carbocycles. The summed E-state index contributed by atoms with van der Waals surface area (Å²) in [4.78, 5) is 56.3. The van der Waals surface area contributed by atoms with Crippen molar-refractivity contribution in [2.45, 2.75) is 134 Å². The molecule has 7 unspecified atom stereocenters. The van der Waals surface area contributed by atoms with Crippen LogP contribution in [0.3, 0.4) is 0 Å². The topological polar surface area (TPSA) is 147 Å². The molecule has 4 aromatic carbocycles. The maximum Gasteiger partial charge on any atom is 0.408 e. The number of benzene rings is 4. The zero-order valence-electron chi connectivity index (χ0n) is 36.5. The Morgan fingerprint density at radius 1 is 0.794 bits per heavy atom. The van der Waals surface area contributed by atoms with Crippen LogP contribution in [0.2, 0.25) is 0 Å². The number of carbonyl (C=O) groups is 4. The van der Waals surface area contributed by atoms with Gasteiger partial charge in [0.1, 0.15) is 12.6 Å². The van der Waals surface area contributed by atoms with Gasteiger partial charge in [-0.25, -0.2) is 4.79 Å². The van der Waals surface area contributed by atoms with E-state index < -0.39 is 24.3 Å². The van der Waals surface area contributed by atoms with Crippen LogP contribution in [0.5, 0.6) is 0 Å². The van der Waals surface area contributed by atoms with Crippen molar-refractivity contribution in [2.75, 3.05) is 6.54 Å². The number of carbonyl (C=O) groups excluding carboxylic acids is 4. The summed E-state index contributed by atoms with van der Waals surface area (Å²) in [5.41, 5.74) is 5.81. The lowest BCUT2D eigenvalue weighted by molar-refractivity contribution is -0.255. The summed E-state index contributed by atoms with van der Waals surface area (Å²) < 4.78 is 18.9. The van der Waals surface area contributed by atoms with Crippen LogP contribution in [0.4, 0.5) is 4.79 Å². The molecule has 4 amide bonds. The van der Waals surface area contributed by atoms with Crippen molar-refractivity contribution in [3.8, 4) is 11.1 Å². The van der Waals surface area contributed by atoms with Gasteiger partial charge in [-0.3, -0.25) is 24.2 Å². The second kappa shape index (κ2) is 19.6. The number of imide groups is 1. The number of nitrogens with zero attached hydrogens (tertiary/aromatic N) is 2. The molecule has 63 heavy (non-hydrogen) atoms. The highest BCUT2D eigenvalue weighted by Gasteiger charge is 2.44. The first kappa shape index (κ1) is 44.2. The van der Waals surface area contributed by atoms with Gasteiger partial charge in [0, 0.05) is 30.1 Å². The van der Waals surface area contributed by atoms with E-state index in [-0.39, 0.29) is 61.8 Å². The van der Waals surface area contributed by atoms with Gasteiger partial charge in [0.25, 0.3) is 5.91 Å². The third-order valence-electron chi connectivity index (χ3n) is 12.9. The van der Waals surface area contributed by atoms with Gasteiger partial charge in [-0.1, -0.05) is 110 Å². The van der Waals surface area contributed by atoms with E-state index in [1.165, 1.54) is 17.7 Å². The van der Waals surface area contributed by atoms with Crippen LogP contribution in [-0.2, 0) is 48.4 Å². The lowest BCUT2D eigenvalue weighted by atomic mass is 9.75. The monoisotopic (exact) mass is 856 g/mol. The van der Waals surface area contributed by atoms with Crippen molar-refractivity contribution in [1.29, 1.82) is 0 Å². The summed E-state index contributed by atoms with van der Waals surface area (Å²) >= 11 is 0. The molecule has 0 radical (unpaired) electrons. The van der Waals surface area contributed by atoms with Gasteiger partial charge < -0.3 is 30.0 Å². The van der Waals surface area contributed by atoms with E-state index in [0.29, 0.717) is 24.9 Å². The van der Waals surface area contributed by atoms with Gasteiger partial charge in [-0.2, -0.15) is 0 Å². The van der Waals surface area contributed by atoms with Crippen LogP contribution < -0.4 is 10.6 Å². The first-order valence-electron chi connectivity index (χ1n) is 22.5. The molecule has 4 aromatic rings. The number of hydrogen-bond acceptors (Lipinski definition) is 9. The van der Waals surface area contributed by atoms with E-state index in [4.69, 9.17) is 14.2 Å². The number of likely N-dealkylation sites (tertiary alicyclic amines) is 2. The van der Waals surface area contributed by atoms with E-state index in [9.17, 15) is 24.3 Å². The van der Waals surface area contributed by atoms with Crippen molar-refractivity contribution < 1.29 is 38.5 Å². The SMILES string of the molecule is CC(C)(C)NC(=O)C1CCC2CCCCC2N1CC1CC(c2ccc(CO)cc2)OC(c2ccc(-c3cccc(CN4C(=O)CC(NC(=O)OCc5ccccc5)C4=O)c3)cc2)O1. The second-order valence-electron chi connectivity index (χ2n) is 18.6. The summed E-state index contributed by atoms with van der Waals surface area (Å²) in [6.07, 6.45) is 5.18. The van der Waals surface area contributed by atoms with Gasteiger partial charge >= 0.3 is 6.09 Å². The van der Waals surface area contributed by atoms with Gasteiger partial charge in [0.15, 0.2) is 6.29 Å². The third-order valence-corrected chi connectivity index (χ3v) is 12.9. The molecule has 3 aliphatic heterocycles. The largest absolute Gasteiger partial charge is 0.445 e. The molecule has 3 saturated heterocycles. The summed E-state index contributed by atoms with van der Waals surface area (Å²) in [5.74, 6) is -0.170. The number of nitrogens with one attached hydrogen (secondary N) is 2. The third kappa shape index (κ3) is 10.9. The number of amides is 4. The Bertz CT molecular complexity index is 2230. The fourth-order valence-corrected chi connectivity index (χ4v) is 9.73. The zero-order valence-corrected chi connectivity index (χ0v) is 36.5. The smallest absolute Gasteiger partial charge is 0.408 e. The Hall–Kier alpha value is -5.40. The average molecular weight is 857 g/mol. The number of rotatable bonds is 12. The highest BCUT2D eigenvalue weighted by atomic mass is 16.7. The second-order valence-corrected chi connectivity index (χ2v) is 18.6. The highest BCUT2D eigenvalue weighted by molar-refractivity contribution is 6.06. The van der Waals surface area contributed by atoms with E-state index in [2.05, 4.69) is 15.5 Å². The maximum atomic E-state index is 13.9. The van der Waals surface area contributed by atoms with Crippen molar-refractivity contribution in [3.05, 3.63) is 131 Å². The predicted molar refractivity (Wildman–Crippen MR) is 237 cm³/mol. The molecule has 12 heteroatoms. The normalized spacial score (nSPS) is 25.3. The maximum absolute atomic E-state index is 13.9. The predicted octanol–water partition coefficient (Wildman–Crippen LogP) is 7.88. The van der Waals surface area contributed by atoms with Crippen LogP contribution in [0.25, 0.3) is 11.1 Å². The molecule has 4 fully saturated rings. The molecule has 4 aliphatic rings. The number of ether oxygens (including phenoxy) is 3. The number of fused-ring (bicyclic) bond motifs is 1. The lowest BCUT2D eigenvalue weighted by Gasteiger charge is -2.50. The minimum absolute atomic E-state index is 0.0364. The molecule has 8 rings (SSSR count). The van der Waals surface area contributed by atoms with Crippen LogP contribution in [-0.4, -0.2) is 75.0 Å². The van der Waals surface area contributed by atoms with E-state index >= 15 is 0 Å². The first-order chi connectivity index (χ1) is 30.4. The summed E-state index contributed by atoms with van der Waals surface area (Å²) in [7, 11) is 0. The Morgan fingerprint density at radius 2 is 1.52 bits per heavy atom. The van der Waals surface area contributed by atoms with Crippen LogP contribution in [0.1, 0.15) is 112 Å². The zero-order chi connectivity index (χ0) is 44.1. The Labute approximate surface area is 370 Å². The number of aliphatic hydroxyl groups excluding tert-OH is 1. The van der Waals surface area contributed by atoms with Crippen molar-refractivity contribution >= 4 is 23.8 Å². The highest BCUT2D eigenvalue weighted by Crippen LogP contribution is 2.42. The van der Waals surface area contributed by atoms with Gasteiger partial charge in [-0.15, -0.1) is 0 Å². The van der Waals surface area contributed by atoms with E-state index in [0.717, 1.165) is 64.6 Å². The Balaban J connectivity index is 0.963. The number of hydrogen-bond donors (Lipinski definition) is 3. The molecule has 3 heterocycles. The Kier molecular flexibility index (Phi) is 13.7. The molecule has 0 spiro atoms. The molecular formula is C51H60N4O8. The Morgan fingerprint density at radius 3 is 2.27 bits per heavy atom. The summed E-state index contributed by atoms with van der Waals surface area (Å²) in [6, 6.07) is 32.0. The average Bonchev–Trinajstić information content (AvgIpc) is 3.55.